The number of nitrogens with zero attached hydrogens (tertiary/aromatic N) is 2. The summed E-state index contributed by atoms with van der Waals surface area (Å²) < 4.78 is 1.80. The van der Waals surface area contributed by atoms with Crippen LogP contribution in [-0.2, 0) is 11.8 Å². The molecular formula is C16H12ClN3O. The second-order valence-corrected chi connectivity index (χ2v) is 5.38. The van der Waals surface area contributed by atoms with E-state index in [0.29, 0.717) is 16.3 Å². The van der Waals surface area contributed by atoms with E-state index in [0.717, 1.165) is 22.5 Å². The lowest BCUT2D eigenvalue weighted by atomic mass is 10.0. The number of nitrogens with one attached hydrogen (secondary N) is 1. The van der Waals surface area contributed by atoms with Crippen LogP contribution in [0.15, 0.2) is 24.3 Å². The molecular weight excluding hydrogens is 286 g/mol. The van der Waals surface area contributed by atoms with Gasteiger partial charge in [0.15, 0.2) is 0 Å². The first-order valence-corrected chi connectivity index (χ1v) is 6.78. The lowest BCUT2D eigenvalue weighted by molar-refractivity contribution is -0.110. The molecule has 3 rings (SSSR count). The van der Waals surface area contributed by atoms with Crippen LogP contribution in [0.4, 0.5) is 5.69 Å². The van der Waals surface area contributed by atoms with Crippen molar-refractivity contribution >= 4 is 34.8 Å². The Labute approximate surface area is 127 Å². The van der Waals surface area contributed by atoms with Crippen LogP contribution in [0.5, 0.6) is 0 Å². The van der Waals surface area contributed by atoms with E-state index in [1.54, 1.807) is 34.9 Å². The topological polar surface area (TPSA) is 57.8 Å². The van der Waals surface area contributed by atoms with E-state index in [1.807, 2.05) is 14.0 Å². The van der Waals surface area contributed by atoms with Crippen molar-refractivity contribution in [1.82, 2.24) is 4.57 Å². The molecule has 0 atom stereocenters. The molecule has 0 unspecified atom stereocenters. The third-order valence-electron chi connectivity index (χ3n) is 3.75. The van der Waals surface area contributed by atoms with Gasteiger partial charge in [0.25, 0.3) is 5.91 Å². The van der Waals surface area contributed by atoms with Crippen molar-refractivity contribution in [3.63, 3.8) is 0 Å². The molecule has 2 heterocycles. The van der Waals surface area contributed by atoms with Crippen LogP contribution in [0.1, 0.15) is 22.5 Å². The van der Waals surface area contributed by atoms with Crippen LogP contribution in [0, 0.1) is 18.3 Å². The molecule has 1 aromatic carbocycles. The number of carbonyl (C=O) groups is 1. The molecule has 2 aromatic rings. The number of amides is 1. The maximum absolute atomic E-state index is 12.1. The van der Waals surface area contributed by atoms with Crippen molar-refractivity contribution < 1.29 is 4.79 Å². The molecule has 0 radical (unpaired) electrons. The second kappa shape index (κ2) is 4.80. The van der Waals surface area contributed by atoms with E-state index in [2.05, 4.69) is 11.4 Å². The van der Waals surface area contributed by atoms with Crippen molar-refractivity contribution in [2.75, 3.05) is 5.32 Å². The highest BCUT2D eigenvalue weighted by Gasteiger charge is 2.24. The highest BCUT2D eigenvalue weighted by atomic mass is 35.5. The smallest absolute Gasteiger partial charge is 0.256 e. The number of halogens is 1. The quantitative estimate of drug-likeness (QED) is 0.821. The fourth-order valence-electron chi connectivity index (χ4n) is 2.44. The zero-order chi connectivity index (χ0) is 15.1. The zero-order valence-corrected chi connectivity index (χ0v) is 12.3. The van der Waals surface area contributed by atoms with E-state index in [1.165, 1.54) is 0 Å². The first-order valence-electron chi connectivity index (χ1n) is 6.40. The summed E-state index contributed by atoms with van der Waals surface area (Å²) in [5.41, 5.74) is 4.45. The number of rotatable bonds is 1. The van der Waals surface area contributed by atoms with Crippen LogP contribution < -0.4 is 5.32 Å². The summed E-state index contributed by atoms with van der Waals surface area (Å²) >= 11 is 6.01. The van der Waals surface area contributed by atoms with Crippen molar-refractivity contribution in [1.29, 1.82) is 5.26 Å². The molecule has 0 spiro atoms. The second-order valence-electron chi connectivity index (χ2n) is 4.94. The van der Waals surface area contributed by atoms with Crippen LogP contribution in [0.2, 0.25) is 5.02 Å². The largest absolute Gasteiger partial charge is 0.339 e. The van der Waals surface area contributed by atoms with Crippen molar-refractivity contribution in [2.45, 2.75) is 6.92 Å². The Morgan fingerprint density at radius 1 is 1.38 bits per heavy atom. The third-order valence-corrected chi connectivity index (χ3v) is 3.99. The molecule has 0 saturated heterocycles. The minimum atomic E-state index is -0.158. The van der Waals surface area contributed by atoms with Gasteiger partial charge in [-0.1, -0.05) is 11.6 Å². The highest BCUT2D eigenvalue weighted by Crippen LogP contribution is 2.35. The lowest BCUT2D eigenvalue weighted by Crippen LogP contribution is -2.03. The first-order chi connectivity index (χ1) is 10.0. The van der Waals surface area contributed by atoms with Gasteiger partial charge < -0.3 is 9.88 Å². The van der Waals surface area contributed by atoms with Crippen LogP contribution in [0.25, 0.3) is 11.6 Å². The van der Waals surface area contributed by atoms with E-state index >= 15 is 0 Å². The lowest BCUT2D eigenvalue weighted by Gasteiger charge is -2.00. The SMILES string of the molecule is Cc1c(C=C2C(=O)Nc3ccc(Cl)cc32)cc(C#N)n1C. The number of fused-ring (bicyclic) bond motifs is 1. The number of nitriles is 1. The first kappa shape index (κ1) is 13.5. The Hall–Kier alpha value is -2.51. The fraction of sp³-hybridized carbons (Fsp3) is 0.125. The normalized spacial score (nSPS) is 15.0. The summed E-state index contributed by atoms with van der Waals surface area (Å²) in [6, 6.07) is 9.20. The summed E-state index contributed by atoms with van der Waals surface area (Å²) in [5.74, 6) is -0.158. The van der Waals surface area contributed by atoms with Crippen molar-refractivity contribution in [2.24, 2.45) is 7.05 Å². The monoisotopic (exact) mass is 297 g/mol. The minimum Gasteiger partial charge on any atom is -0.339 e. The maximum Gasteiger partial charge on any atom is 0.256 e. The highest BCUT2D eigenvalue weighted by molar-refractivity contribution is 6.36. The molecule has 0 aliphatic carbocycles. The number of hydrogen-bond acceptors (Lipinski definition) is 2. The summed E-state index contributed by atoms with van der Waals surface area (Å²) in [7, 11) is 1.83. The summed E-state index contributed by atoms with van der Waals surface area (Å²) in [6.07, 6.45) is 1.80. The molecule has 21 heavy (non-hydrogen) atoms. The predicted octanol–water partition coefficient (Wildman–Crippen LogP) is 3.35. The summed E-state index contributed by atoms with van der Waals surface area (Å²) in [4.78, 5) is 12.1. The number of aromatic nitrogens is 1. The predicted molar refractivity (Wildman–Crippen MR) is 82.8 cm³/mol. The van der Waals surface area contributed by atoms with Gasteiger partial charge in [0.2, 0.25) is 0 Å². The Morgan fingerprint density at radius 3 is 2.81 bits per heavy atom. The van der Waals surface area contributed by atoms with Gasteiger partial charge in [0, 0.05) is 34.6 Å². The summed E-state index contributed by atoms with van der Waals surface area (Å²) in [5, 5.41) is 12.5. The number of hydrogen-bond donors (Lipinski definition) is 1. The fourth-order valence-corrected chi connectivity index (χ4v) is 2.61. The average molecular weight is 298 g/mol. The Bertz CT molecular complexity index is 840. The zero-order valence-electron chi connectivity index (χ0n) is 11.6. The van der Waals surface area contributed by atoms with Gasteiger partial charge in [0.05, 0.1) is 0 Å². The molecule has 0 bridgehead atoms. The molecule has 1 amide bonds. The minimum absolute atomic E-state index is 0.158. The van der Waals surface area contributed by atoms with Crippen LogP contribution >= 0.6 is 11.6 Å². The maximum atomic E-state index is 12.1. The molecule has 1 aliphatic heterocycles. The standard InChI is InChI=1S/C16H12ClN3O/c1-9-10(5-12(8-18)20(9)2)6-14-13-7-11(17)3-4-15(13)19-16(14)21/h3-7H,1-2H3,(H,19,21). The molecule has 5 heteroatoms. The Balaban J connectivity index is 2.16. The van der Waals surface area contributed by atoms with Crippen LogP contribution in [-0.4, -0.2) is 10.5 Å². The Kier molecular flexibility index (Phi) is 3.08. The van der Waals surface area contributed by atoms with E-state index in [-0.39, 0.29) is 5.91 Å². The molecule has 1 aromatic heterocycles. The molecule has 1 N–H and O–H groups in total. The van der Waals surface area contributed by atoms with E-state index in [4.69, 9.17) is 16.9 Å². The number of anilines is 1. The summed E-state index contributed by atoms with van der Waals surface area (Å²) in [6.45, 7) is 1.92. The third kappa shape index (κ3) is 2.12. The van der Waals surface area contributed by atoms with E-state index < -0.39 is 0 Å². The number of benzene rings is 1. The molecule has 0 saturated carbocycles. The van der Waals surface area contributed by atoms with Crippen LogP contribution in [0.3, 0.4) is 0 Å². The van der Waals surface area contributed by atoms with Gasteiger partial charge in [-0.25, -0.2) is 0 Å². The van der Waals surface area contributed by atoms with Crippen molar-refractivity contribution in [3.8, 4) is 6.07 Å². The molecule has 104 valence electrons. The van der Waals surface area contributed by atoms with E-state index in [9.17, 15) is 4.79 Å². The average Bonchev–Trinajstić information content (AvgIpc) is 2.91. The van der Waals surface area contributed by atoms with Crippen molar-refractivity contribution in [3.05, 3.63) is 51.8 Å². The van der Waals surface area contributed by atoms with Gasteiger partial charge in [-0.05, 0) is 42.8 Å². The van der Waals surface area contributed by atoms with Gasteiger partial charge in [-0.2, -0.15) is 5.26 Å². The van der Waals surface area contributed by atoms with Gasteiger partial charge >= 0.3 is 0 Å². The molecule has 0 fully saturated rings. The van der Waals surface area contributed by atoms with Gasteiger partial charge in [-0.3, -0.25) is 4.79 Å². The number of carbonyl (C=O) groups excluding carboxylic acids is 1. The van der Waals surface area contributed by atoms with Gasteiger partial charge in [-0.15, -0.1) is 0 Å². The molecule has 4 nitrogen and oxygen atoms in total. The van der Waals surface area contributed by atoms with Gasteiger partial charge in [0.1, 0.15) is 11.8 Å². The molecule has 1 aliphatic rings. The Morgan fingerprint density at radius 2 is 2.14 bits per heavy atom.